The van der Waals surface area contributed by atoms with Crippen LogP contribution in [0.4, 0.5) is 0 Å². The van der Waals surface area contributed by atoms with Crippen molar-refractivity contribution < 1.29 is 42.5 Å². The molecule has 132 valence electrons. The number of aromatic nitrogens is 2. The Kier molecular flexibility index (Phi) is 10.3. The normalized spacial score (nSPS) is 11.7. The van der Waals surface area contributed by atoms with E-state index < -0.39 is 30.9 Å². The summed E-state index contributed by atoms with van der Waals surface area (Å²) in [5.74, 6) is -0.132. The minimum Gasteiger partial charge on any atom is -0.341 e. The molecule has 15 heteroatoms. The van der Waals surface area contributed by atoms with Crippen LogP contribution in [0.25, 0.3) is 0 Å². The molecule has 0 bridgehead atoms. The summed E-state index contributed by atoms with van der Waals surface area (Å²) in [5, 5.41) is 0. The fourth-order valence-corrected chi connectivity index (χ4v) is 2.08. The van der Waals surface area contributed by atoms with Crippen molar-refractivity contribution in [1.29, 1.82) is 0 Å². The summed E-state index contributed by atoms with van der Waals surface area (Å²) >= 11 is 0. The average Bonchev–Trinajstić information content (AvgIpc) is 2.62. The highest BCUT2D eigenvalue weighted by molar-refractivity contribution is 7.94. The van der Waals surface area contributed by atoms with Gasteiger partial charge >= 0.3 is 20.8 Å². The number of hydrogen-bond donors (Lipinski definition) is 3. The lowest BCUT2D eigenvalue weighted by Crippen LogP contribution is -2.10. The Balaban J connectivity index is 0. The molecule has 0 aliphatic heterocycles. The van der Waals surface area contributed by atoms with Gasteiger partial charge in [0.15, 0.2) is 0 Å². The van der Waals surface area contributed by atoms with E-state index in [2.05, 4.69) is 8.61 Å². The first-order valence-electron chi connectivity index (χ1n) is 5.19. The van der Waals surface area contributed by atoms with E-state index in [4.69, 9.17) is 13.7 Å². The van der Waals surface area contributed by atoms with Gasteiger partial charge in [0.1, 0.15) is 0 Å². The first kappa shape index (κ1) is 23.2. The SMILES string of the molecule is CCCS(=O)(=O)O.Cn1ccnc1.O=S(=O)(O)OS(=O)(=O)O. The summed E-state index contributed by atoms with van der Waals surface area (Å²) in [5.41, 5.74) is 0. The summed E-state index contributed by atoms with van der Waals surface area (Å²) in [7, 11) is -12.0. The van der Waals surface area contributed by atoms with Crippen molar-refractivity contribution in [1.82, 2.24) is 9.55 Å². The molecule has 0 fully saturated rings. The molecular formula is C7H16N2O10S3. The maximum Gasteiger partial charge on any atom is 0.413 e. The van der Waals surface area contributed by atoms with Gasteiger partial charge in [0.05, 0.1) is 12.1 Å². The molecule has 0 aliphatic carbocycles. The zero-order valence-electron chi connectivity index (χ0n) is 11.5. The third-order valence-corrected chi connectivity index (χ3v) is 3.57. The van der Waals surface area contributed by atoms with Gasteiger partial charge in [0.2, 0.25) is 0 Å². The Bertz CT molecular complexity index is 675. The summed E-state index contributed by atoms with van der Waals surface area (Å²) in [6.45, 7) is 1.69. The lowest BCUT2D eigenvalue weighted by molar-refractivity contribution is 0.344. The number of hydrogen-bond acceptors (Lipinski definition) is 8. The molecule has 0 atom stereocenters. The van der Waals surface area contributed by atoms with E-state index >= 15 is 0 Å². The fraction of sp³-hybridized carbons (Fsp3) is 0.571. The van der Waals surface area contributed by atoms with Crippen molar-refractivity contribution >= 4 is 30.9 Å². The van der Waals surface area contributed by atoms with Crippen molar-refractivity contribution in [2.75, 3.05) is 5.75 Å². The molecule has 1 aromatic heterocycles. The van der Waals surface area contributed by atoms with Crippen LogP contribution in [0, 0.1) is 0 Å². The molecule has 0 aromatic carbocycles. The molecule has 0 spiro atoms. The van der Waals surface area contributed by atoms with E-state index in [9.17, 15) is 25.3 Å². The van der Waals surface area contributed by atoms with Gasteiger partial charge in [-0.25, -0.2) is 4.98 Å². The molecule has 0 saturated heterocycles. The van der Waals surface area contributed by atoms with E-state index in [-0.39, 0.29) is 5.75 Å². The van der Waals surface area contributed by atoms with Gasteiger partial charge in [-0.1, -0.05) is 6.92 Å². The van der Waals surface area contributed by atoms with Gasteiger partial charge in [-0.2, -0.15) is 25.3 Å². The molecule has 1 aromatic rings. The second-order valence-electron chi connectivity index (χ2n) is 3.44. The molecule has 0 saturated carbocycles. The van der Waals surface area contributed by atoms with Crippen LogP contribution in [0.15, 0.2) is 18.7 Å². The molecule has 3 N–H and O–H groups in total. The van der Waals surface area contributed by atoms with E-state index in [1.54, 1.807) is 19.4 Å². The van der Waals surface area contributed by atoms with Gasteiger partial charge in [0.25, 0.3) is 10.1 Å². The van der Waals surface area contributed by atoms with Crippen LogP contribution in [0.1, 0.15) is 13.3 Å². The van der Waals surface area contributed by atoms with E-state index in [0.717, 1.165) is 0 Å². The predicted molar refractivity (Wildman–Crippen MR) is 74.1 cm³/mol. The molecule has 22 heavy (non-hydrogen) atoms. The maximum atomic E-state index is 9.79. The minimum atomic E-state index is -5.12. The Hall–Kier alpha value is -1.10. The van der Waals surface area contributed by atoms with Gasteiger partial charge in [-0.3, -0.25) is 13.7 Å². The summed E-state index contributed by atoms with van der Waals surface area (Å²) in [4.78, 5) is 3.78. The number of imidazole rings is 1. The Morgan fingerprint density at radius 3 is 1.55 bits per heavy atom. The highest BCUT2D eigenvalue weighted by atomic mass is 32.3. The monoisotopic (exact) mass is 384 g/mol. The molecule has 0 amide bonds. The molecule has 0 radical (unpaired) electrons. The molecule has 0 unspecified atom stereocenters. The topological polar surface area (TPSA) is 190 Å². The van der Waals surface area contributed by atoms with Crippen LogP contribution < -0.4 is 0 Å². The quantitative estimate of drug-likeness (QED) is 0.557. The van der Waals surface area contributed by atoms with Gasteiger partial charge in [-0.15, -0.1) is 3.63 Å². The van der Waals surface area contributed by atoms with Crippen molar-refractivity contribution in [3.63, 3.8) is 0 Å². The molecule has 12 nitrogen and oxygen atoms in total. The van der Waals surface area contributed by atoms with Crippen molar-refractivity contribution in [2.24, 2.45) is 7.05 Å². The second-order valence-corrected chi connectivity index (χ2v) is 7.27. The van der Waals surface area contributed by atoms with Crippen molar-refractivity contribution in [3.8, 4) is 0 Å². The molecular weight excluding hydrogens is 368 g/mol. The lowest BCUT2D eigenvalue weighted by atomic mass is 10.6. The third kappa shape index (κ3) is 24.0. The largest absolute Gasteiger partial charge is 0.413 e. The lowest BCUT2D eigenvalue weighted by Gasteiger charge is -1.89. The summed E-state index contributed by atoms with van der Waals surface area (Å²) in [6, 6.07) is 0. The van der Waals surface area contributed by atoms with Crippen LogP contribution in [0.5, 0.6) is 0 Å². The minimum absolute atomic E-state index is 0.132. The van der Waals surface area contributed by atoms with Crippen LogP contribution in [-0.2, 0) is 41.6 Å². The van der Waals surface area contributed by atoms with Crippen molar-refractivity contribution in [3.05, 3.63) is 18.7 Å². The zero-order valence-corrected chi connectivity index (χ0v) is 13.9. The highest BCUT2D eigenvalue weighted by Gasteiger charge is 2.15. The first-order valence-corrected chi connectivity index (χ1v) is 9.53. The standard InChI is InChI=1S/C4H6N2.C3H8O3S.H2O7S2/c1-6-3-2-5-4-6;1-2-3-7(4,5)6;1-8(2,3)7-9(4,5)6/h2-4H,1H3;2-3H2,1H3,(H,4,5,6);(H,1,2,3)(H,4,5,6). The third-order valence-electron chi connectivity index (χ3n) is 1.27. The van der Waals surface area contributed by atoms with Crippen LogP contribution in [-0.4, -0.2) is 54.2 Å². The second kappa shape index (κ2) is 9.82. The van der Waals surface area contributed by atoms with Crippen LogP contribution in [0.3, 0.4) is 0 Å². The van der Waals surface area contributed by atoms with Gasteiger partial charge in [-0.05, 0) is 6.42 Å². The Morgan fingerprint density at radius 2 is 1.50 bits per heavy atom. The number of nitrogens with zero attached hydrogens (tertiary/aromatic N) is 2. The van der Waals surface area contributed by atoms with E-state index in [1.807, 2.05) is 17.8 Å². The number of aryl methyl sites for hydroxylation is 1. The predicted octanol–water partition coefficient (Wildman–Crippen LogP) is -0.687. The smallest absolute Gasteiger partial charge is 0.341 e. The van der Waals surface area contributed by atoms with Crippen LogP contribution >= 0.6 is 0 Å². The average molecular weight is 384 g/mol. The van der Waals surface area contributed by atoms with Crippen LogP contribution in [0.2, 0.25) is 0 Å². The highest BCUT2D eigenvalue weighted by Crippen LogP contribution is 1.91. The Labute approximate surface area is 128 Å². The van der Waals surface area contributed by atoms with Gasteiger partial charge in [0, 0.05) is 19.4 Å². The zero-order chi connectivity index (χ0) is 18.0. The maximum absolute atomic E-state index is 9.79. The molecule has 0 aliphatic rings. The number of rotatable bonds is 4. The molecule has 1 heterocycles. The van der Waals surface area contributed by atoms with Gasteiger partial charge < -0.3 is 4.57 Å². The summed E-state index contributed by atoms with van der Waals surface area (Å²) < 4.78 is 85.0. The summed E-state index contributed by atoms with van der Waals surface area (Å²) in [6.07, 6.45) is 5.86. The van der Waals surface area contributed by atoms with E-state index in [1.165, 1.54) is 0 Å². The Morgan fingerprint density at radius 1 is 1.05 bits per heavy atom. The molecule has 1 rings (SSSR count). The van der Waals surface area contributed by atoms with Crippen molar-refractivity contribution in [2.45, 2.75) is 13.3 Å². The first-order chi connectivity index (χ1) is 9.66. The fourth-order valence-electron chi connectivity index (χ4n) is 0.692. The van der Waals surface area contributed by atoms with E-state index in [0.29, 0.717) is 6.42 Å².